The summed E-state index contributed by atoms with van der Waals surface area (Å²) in [6, 6.07) is 16.7. The third-order valence-corrected chi connectivity index (χ3v) is 9.03. The smallest absolute Gasteiger partial charge is 0.407 e. The average molecular weight is 609 g/mol. The molecule has 3 aliphatic rings. The summed E-state index contributed by atoms with van der Waals surface area (Å²) in [5, 5.41) is 21.6. The fourth-order valence-corrected chi connectivity index (χ4v) is 6.77. The van der Waals surface area contributed by atoms with Gasteiger partial charge in [-0.25, -0.2) is 9.78 Å². The van der Waals surface area contributed by atoms with Gasteiger partial charge in [0.1, 0.15) is 24.5 Å². The standard InChI is InChI=1S/C33H36N8O4/c34-13-11-24-20-39(17-18-40(24)33(42)43)31-26-12-15-38(28-9-5-7-23-6-1-2-8-25(23)28)21-27(26)36-32(37-31)45-22-29-35-14-16-41(29)30-10-3-4-19-44-30/h1-2,5-9,14,16,24,30H,3-4,10-12,15,17-22H2,(H,42,43)/t24-,30?/m0/s1. The van der Waals surface area contributed by atoms with Crippen LogP contribution in [0.4, 0.5) is 16.3 Å². The SMILES string of the molecule is N#CC[C@H]1CN(c2nc(OCc3nccn3C3CCCCO3)nc3c2CCN(c2cccc4ccccc24)C3)CCN1C(=O)O. The first-order valence-corrected chi connectivity index (χ1v) is 15.6. The van der Waals surface area contributed by atoms with Crippen LogP contribution < -0.4 is 14.5 Å². The van der Waals surface area contributed by atoms with Gasteiger partial charge in [-0.15, -0.1) is 0 Å². The summed E-state index contributed by atoms with van der Waals surface area (Å²) in [6.07, 6.45) is 6.55. The molecule has 0 radical (unpaired) electrons. The second kappa shape index (κ2) is 12.6. The molecule has 2 fully saturated rings. The number of carbonyl (C=O) groups is 1. The Morgan fingerprint density at radius 2 is 1.98 bits per heavy atom. The van der Waals surface area contributed by atoms with E-state index in [1.165, 1.54) is 15.7 Å². The molecule has 1 unspecified atom stereocenters. The minimum atomic E-state index is -1.01. The van der Waals surface area contributed by atoms with E-state index < -0.39 is 12.1 Å². The fraction of sp³-hybridized carbons (Fsp3) is 0.424. The van der Waals surface area contributed by atoms with Crippen LogP contribution in [0, 0.1) is 11.3 Å². The van der Waals surface area contributed by atoms with Gasteiger partial charge in [0.05, 0.1) is 30.8 Å². The van der Waals surface area contributed by atoms with Crippen molar-refractivity contribution in [2.75, 3.05) is 42.6 Å². The average Bonchev–Trinajstić information content (AvgIpc) is 3.55. The predicted octanol–water partition coefficient (Wildman–Crippen LogP) is 4.75. The van der Waals surface area contributed by atoms with Crippen molar-refractivity contribution >= 4 is 28.4 Å². The van der Waals surface area contributed by atoms with Gasteiger partial charge < -0.3 is 33.8 Å². The number of fused-ring (bicyclic) bond motifs is 2. The molecule has 2 aromatic carbocycles. The van der Waals surface area contributed by atoms with E-state index in [1.54, 1.807) is 6.20 Å². The number of amides is 1. The molecule has 1 amide bonds. The van der Waals surface area contributed by atoms with E-state index in [-0.39, 0.29) is 31.8 Å². The van der Waals surface area contributed by atoms with E-state index in [1.807, 2.05) is 10.8 Å². The summed E-state index contributed by atoms with van der Waals surface area (Å²) in [5.41, 5.74) is 3.07. The molecule has 0 aliphatic carbocycles. The highest BCUT2D eigenvalue weighted by atomic mass is 16.5. The molecule has 1 N–H and O–H groups in total. The number of piperazine rings is 1. The van der Waals surface area contributed by atoms with Crippen molar-refractivity contribution in [3.63, 3.8) is 0 Å². The Morgan fingerprint density at radius 1 is 1.09 bits per heavy atom. The summed E-state index contributed by atoms with van der Waals surface area (Å²) >= 11 is 0. The third-order valence-electron chi connectivity index (χ3n) is 9.03. The molecule has 232 valence electrons. The maximum Gasteiger partial charge on any atom is 0.407 e. The quantitative estimate of drug-likeness (QED) is 0.313. The summed E-state index contributed by atoms with van der Waals surface area (Å²) in [5.74, 6) is 1.49. The van der Waals surface area contributed by atoms with Crippen molar-refractivity contribution < 1.29 is 19.4 Å². The van der Waals surface area contributed by atoms with Gasteiger partial charge in [-0.05, 0) is 37.1 Å². The third kappa shape index (κ3) is 5.83. The van der Waals surface area contributed by atoms with Gasteiger partial charge >= 0.3 is 12.1 Å². The fourth-order valence-electron chi connectivity index (χ4n) is 6.77. The normalized spacial score (nSPS) is 20.1. The number of ether oxygens (including phenoxy) is 2. The van der Waals surface area contributed by atoms with Gasteiger partial charge in [0.15, 0.2) is 0 Å². The van der Waals surface area contributed by atoms with Gasteiger partial charge in [-0.3, -0.25) is 0 Å². The Kier molecular flexibility index (Phi) is 8.09. The van der Waals surface area contributed by atoms with Crippen molar-refractivity contribution in [2.45, 2.75) is 57.5 Å². The monoisotopic (exact) mass is 608 g/mol. The van der Waals surface area contributed by atoms with Crippen LogP contribution in [0.1, 0.15) is 49.0 Å². The molecule has 12 heteroatoms. The van der Waals surface area contributed by atoms with Crippen LogP contribution in [0.2, 0.25) is 0 Å². The van der Waals surface area contributed by atoms with Gasteiger partial charge in [0.2, 0.25) is 0 Å². The first kappa shape index (κ1) is 28.9. The molecule has 3 aliphatic heterocycles. The second-order valence-electron chi connectivity index (χ2n) is 11.7. The van der Waals surface area contributed by atoms with Crippen molar-refractivity contribution in [1.82, 2.24) is 24.4 Å². The van der Waals surface area contributed by atoms with E-state index in [4.69, 9.17) is 19.4 Å². The molecular weight excluding hydrogens is 572 g/mol. The van der Waals surface area contributed by atoms with Gasteiger partial charge in [0, 0.05) is 61.8 Å². The number of anilines is 2. The summed E-state index contributed by atoms with van der Waals surface area (Å²) < 4.78 is 14.3. The van der Waals surface area contributed by atoms with Crippen LogP contribution >= 0.6 is 0 Å². The molecule has 7 rings (SSSR count). The van der Waals surface area contributed by atoms with Crippen molar-refractivity contribution in [3.05, 3.63) is 71.9 Å². The molecule has 2 saturated heterocycles. The molecule has 45 heavy (non-hydrogen) atoms. The van der Waals surface area contributed by atoms with Crippen LogP contribution in [-0.2, 0) is 24.3 Å². The highest BCUT2D eigenvalue weighted by Crippen LogP contribution is 2.35. The van der Waals surface area contributed by atoms with Crippen molar-refractivity contribution in [2.24, 2.45) is 0 Å². The van der Waals surface area contributed by atoms with Crippen molar-refractivity contribution in [3.8, 4) is 12.1 Å². The molecule has 0 bridgehead atoms. The van der Waals surface area contributed by atoms with E-state index >= 15 is 0 Å². The predicted molar refractivity (Wildman–Crippen MR) is 167 cm³/mol. The van der Waals surface area contributed by atoms with Gasteiger partial charge in [-0.2, -0.15) is 15.2 Å². The second-order valence-corrected chi connectivity index (χ2v) is 11.7. The first-order chi connectivity index (χ1) is 22.1. The Labute approximate surface area is 261 Å². The summed E-state index contributed by atoms with van der Waals surface area (Å²) in [4.78, 5) is 32.1. The first-order valence-electron chi connectivity index (χ1n) is 15.6. The number of aromatic nitrogens is 4. The molecular formula is C33H36N8O4. The Bertz CT molecular complexity index is 1720. The topological polar surface area (TPSA) is 133 Å². The van der Waals surface area contributed by atoms with Gasteiger partial charge in [0.25, 0.3) is 0 Å². The zero-order valence-electron chi connectivity index (χ0n) is 25.1. The lowest BCUT2D eigenvalue weighted by atomic mass is 10.0. The number of hydrogen-bond donors (Lipinski definition) is 1. The minimum Gasteiger partial charge on any atom is -0.465 e. The number of rotatable bonds is 7. The lowest BCUT2D eigenvalue weighted by Crippen LogP contribution is -2.55. The number of nitriles is 1. The number of imidazole rings is 1. The Balaban J connectivity index is 1.21. The molecule has 12 nitrogen and oxygen atoms in total. The van der Waals surface area contributed by atoms with Crippen LogP contribution in [-0.4, -0.2) is 74.4 Å². The molecule has 2 atom stereocenters. The van der Waals surface area contributed by atoms with E-state index in [2.05, 4.69) is 63.3 Å². The highest BCUT2D eigenvalue weighted by Gasteiger charge is 2.34. The molecule has 2 aromatic heterocycles. The Hall–Kier alpha value is -4.89. The van der Waals surface area contributed by atoms with E-state index in [0.717, 1.165) is 67.4 Å². The van der Waals surface area contributed by atoms with Crippen molar-refractivity contribution in [1.29, 1.82) is 5.26 Å². The summed E-state index contributed by atoms with van der Waals surface area (Å²) in [6.45, 7) is 3.41. The molecule has 5 heterocycles. The van der Waals surface area contributed by atoms with E-state index in [0.29, 0.717) is 19.6 Å². The maximum atomic E-state index is 11.9. The highest BCUT2D eigenvalue weighted by molar-refractivity contribution is 5.94. The van der Waals surface area contributed by atoms with Crippen LogP contribution in [0.25, 0.3) is 10.8 Å². The Morgan fingerprint density at radius 3 is 2.82 bits per heavy atom. The lowest BCUT2D eigenvalue weighted by Gasteiger charge is -2.41. The minimum absolute atomic E-state index is 0.0586. The van der Waals surface area contributed by atoms with E-state index in [9.17, 15) is 15.2 Å². The van der Waals surface area contributed by atoms with Crippen LogP contribution in [0.15, 0.2) is 54.9 Å². The summed E-state index contributed by atoms with van der Waals surface area (Å²) in [7, 11) is 0. The number of nitrogens with zero attached hydrogens (tertiary/aromatic N) is 8. The number of carboxylic acid groups (broad SMARTS) is 1. The number of hydrogen-bond acceptors (Lipinski definition) is 9. The largest absolute Gasteiger partial charge is 0.465 e. The van der Waals surface area contributed by atoms with Crippen LogP contribution in [0.3, 0.4) is 0 Å². The molecule has 0 saturated carbocycles. The molecule has 0 spiro atoms. The number of benzene rings is 2. The lowest BCUT2D eigenvalue weighted by molar-refractivity contribution is -0.0349. The zero-order chi connectivity index (χ0) is 30.8. The van der Waals surface area contributed by atoms with Crippen LogP contribution in [0.5, 0.6) is 6.01 Å². The van der Waals surface area contributed by atoms with Gasteiger partial charge in [-0.1, -0.05) is 36.4 Å². The maximum absolute atomic E-state index is 11.9. The molecule has 4 aromatic rings. The zero-order valence-corrected chi connectivity index (χ0v) is 25.1.